The van der Waals surface area contributed by atoms with Crippen LogP contribution in [0.4, 0.5) is 10.5 Å². The van der Waals surface area contributed by atoms with Gasteiger partial charge in [-0.15, -0.1) is 0 Å². The summed E-state index contributed by atoms with van der Waals surface area (Å²) in [6, 6.07) is 17.3. The summed E-state index contributed by atoms with van der Waals surface area (Å²) in [7, 11) is 0. The number of likely N-dealkylation sites (tertiary alicyclic amines) is 1. The first-order valence-corrected chi connectivity index (χ1v) is 11.0. The molecule has 1 saturated heterocycles. The first-order chi connectivity index (χ1) is 15.7. The van der Waals surface area contributed by atoms with Crippen molar-refractivity contribution in [1.29, 1.82) is 0 Å². The first-order valence-electron chi connectivity index (χ1n) is 11.0. The van der Waals surface area contributed by atoms with Gasteiger partial charge in [0.05, 0.1) is 17.6 Å². The minimum absolute atomic E-state index is 0.0977. The maximum atomic E-state index is 12.9. The Morgan fingerprint density at radius 1 is 1.19 bits per heavy atom. The van der Waals surface area contributed by atoms with E-state index in [2.05, 4.69) is 15.4 Å². The highest BCUT2D eigenvalue weighted by molar-refractivity contribution is 5.89. The SMILES string of the molecule is O=C(Nc1cccc(OCCn2cccn2)c1)N1CCCC(c2nc3ccccc3[nH]2)C1. The van der Waals surface area contributed by atoms with Gasteiger partial charge in [0.25, 0.3) is 0 Å². The molecule has 1 atom stereocenters. The molecular formula is C24H26N6O2. The molecule has 2 aromatic carbocycles. The summed E-state index contributed by atoms with van der Waals surface area (Å²) >= 11 is 0. The molecule has 164 valence electrons. The Balaban J connectivity index is 1.19. The third-order valence-electron chi connectivity index (χ3n) is 5.74. The molecule has 4 aromatic rings. The zero-order chi connectivity index (χ0) is 21.8. The molecule has 8 nitrogen and oxygen atoms in total. The lowest BCUT2D eigenvalue weighted by Crippen LogP contribution is -2.41. The van der Waals surface area contributed by atoms with Crippen LogP contribution in [0, 0.1) is 0 Å². The standard InChI is InChI=1S/C24H26N6O2/c31-24(26-19-7-3-8-20(16-19)32-15-14-30-13-5-11-25-30)29-12-4-6-18(17-29)23-27-21-9-1-2-10-22(21)28-23/h1-3,5,7-11,13,16,18H,4,6,12,14-15,17H2,(H,26,31)(H,27,28). The Bertz CT molecular complexity index is 1150. The molecule has 32 heavy (non-hydrogen) atoms. The number of urea groups is 1. The minimum atomic E-state index is -0.0977. The van der Waals surface area contributed by atoms with Gasteiger partial charge in [-0.3, -0.25) is 4.68 Å². The van der Waals surface area contributed by atoms with Gasteiger partial charge in [0, 0.05) is 43.2 Å². The van der Waals surface area contributed by atoms with Gasteiger partial charge in [0.15, 0.2) is 0 Å². The van der Waals surface area contributed by atoms with E-state index < -0.39 is 0 Å². The summed E-state index contributed by atoms with van der Waals surface area (Å²) in [6.45, 7) is 2.55. The number of aromatic nitrogens is 4. The number of H-pyrrole nitrogens is 1. The van der Waals surface area contributed by atoms with E-state index in [1.165, 1.54) is 0 Å². The first kappa shape index (κ1) is 20.1. The molecule has 5 rings (SSSR count). The number of hydrogen-bond acceptors (Lipinski definition) is 4. The fourth-order valence-electron chi connectivity index (χ4n) is 4.11. The van der Waals surface area contributed by atoms with Crippen LogP contribution in [0.1, 0.15) is 24.6 Å². The number of fused-ring (bicyclic) bond motifs is 1. The molecule has 2 aromatic heterocycles. The Kier molecular flexibility index (Phi) is 5.74. The summed E-state index contributed by atoms with van der Waals surface area (Å²) in [5, 5.41) is 7.18. The predicted octanol–water partition coefficient (Wildman–Crippen LogP) is 4.25. The Morgan fingerprint density at radius 3 is 3.00 bits per heavy atom. The zero-order valence-corrected chi connectivity index (χ0v) is 17.8. The fraction of sp³-hybridized carbons (Fsp3) is 0.292. The highest BCUT2D eigenvalue weighted by Crippen LogP contribution is 2.27. The molecule has 1 fully saturated rings. The Hall–Kier alpha value is -3.81. The lowest BCUT2D eigenvalue weighted by atomic mass is 9.97. The van der Waals surface area contributed by atoms with Crippen molar-refractivity contribution in [3.8, 4) is 5.75 Å². The third-order valence-corrected chi connectivity index (χ3v) is 5.74. The second-order valence-corrected chi connectivity index (χ2v) is 8.00. The van der Waals surface area contributed by atoms with E-state index in [1.54, 1.807) is 6.20 Å². The number of ether oxygens (including phenoxy) is 1. The van der Waals surface area contributed by atoms with Crippen molar-refractivity contribution in [2.45, 2.75) is 25.3 Å². The lowest BCUT2D eigenvalue weighted by Gasteiger charge is -2.31. The number of anilines is 1. The van der Waals surface area contributed by atoms with Crippen LogP contribution in [0.5, 0.6) is 5.75 Å². The molecule has 0 saturated carbocycles. The van der Waals surface area contributed by atoms with Gasteiger partial charge in [-0.25, -0.2) is 9.78 Å². The number of piperidine rings is 1. The van der Waals surface area contributed by atoms with Crippen molar-refractivity contribution in [2.75, 3.05) is 25.0 Å². The van der Waals surface area contributed by atoms with Gasteiger partial charge in [-0.2, -0.15) is 5.10 Å². The summed E-state index contributed by atoms with van der Waals surface area (Å²) in [4.78, 5) is 23.0. The van der Waals surface area contributed by atoms with Gasteiger partial charge < -0.3 is 19.9 Å². The zero-order valence-electron chi connectivity index (χ0n) is 17.8. The molecule has 0 radical (unpaired) electrons. The molecule has 2 amide bonds. The molecule has 0 aliphatic carbocycles. The summed E-state index contributed by atoms with van der Waals surface area (Å²) in [5.41, 5.74) is 2.72. The van der Waals surface area contributed by atoms with Gasteiger partial charge in [0.1, 0.15) is 18.2 Å². The van der Waals surface area contributed by atoms with Crippen molar-refractivity contribution in [3.63, 3.8) is 0 Å². The smallest absolute Gasteiger partial charge is 0.321 e. The van der Waals surface area contributed by atoms with Crippen LogP contribution < -0.4 is 10.1 Å². The Morgan fingerprint density at radius 2 is 2.12 bits per heavy atom. The van der Waals surface area contributed by atoms with E-state index in [0.29, 0.717) is 25.4 Å². The maximum Gasteiger partial charge on any atom is 0.321 e. The van der Waals surface area contributed by atoms with E-state index >= 15 is 0 Å². The summed E-state index contributed by atoms with van der Waals surface area (Å²) in [5.74, 6) is 1.88. The highest BCUT2D eigenvalue weighted by Gasteiger charge is 2.27. The van der Waals surface area contributed by atoms with Crippen LogP contribution in [0.15, 0.2) is 67.0 Å². The normalized spacial score (nSPS) is 16.2. The van der Waals surface area contributed by atoms with Crippen molar-refractivity contribution in [2.24, 2.45) is 0 Å². The molecule has 3 heterocycles. The lowest BCUT2D eigenvalue weighted by molar-refractivity contribution is 0.191. The molecule has 8 heteroatoms. The van der Waals surface area contributed by atoms with E-state index in [0.717, 1.165) is 41.9 Å². The summed E-state index contributed by atoms with van der Waals surface area (Å²) in [6.07, 6.45) is 5.61. The Labute approximate surface area is 186 Å². The second kappa shape index (κ2) is 9.13. The number of hydrogen-bond donors (Lipinski definition) is 2. The van der Waals surface area contributed by atoms with E-state index in [1.807, 2.05) is 70.4 Å². The van der Waals surface area contributed by atoms with Crippen molar-refractivity contribution in [1.82, 2.24) is 24.6 Å². The molecule has 1 aliphatic rings. The molecule has 0 bridgehead atoms. The monoisotopic (exact) mass is 430 g/mol. The quantitative estimate of drug-likeness (QED) is 0.479. The minimum Gasteiger partial charge on any atom is -0.492 e. The average molecular weight is 431 g/mol. The average Bonchev–Trinajstić information content (AvgIpc) is 3.49. The number of aromatic amines is 1. The third kappa shape index (κ3) is 4.59. The molecule has 0 spiro atoms. The van der Waals surface area contributed by atoms with E-state index in [9.17, 15) is 4.79 Å². The largest absolute Gasteiger partial charge is 0.492 e. The van der Waals surface area contributed by atoms with Crippen LogP contribution in [0.25, 0.3) is 11.0 Å². The van der Waals surface area contributed by atoms with Gasteiger partial charge in [-0.1, -0.05) is 18.2 Å². The number of imidazole rings is 1. The predicted molar refractivity (Wildman–Crippen MR) is 123 cm³/mol. The maximum absolute atomic E-state index is 12.9. The second-order valence-electron chi connectivity index (χ2n) is 8.00. The number of carbonyl (C=O) groups excluding carboxylic acids is 1. The number of benzene rings is 2. The van der Waals surface area contributed by atoms with Crippen LogP contribution in [0.3, 0.4) is 0 Å². The number of nitrogens with one attached hydrogen (secondary N) is 2. The van der Waals surface area contributed by atoms with Crippen LogP contribution in [0.2, 0.25) is 0 Å². The van der Waals surface area contributed by atoms with Crippen molar-refractivity contribution in [3.05, 3.63) is 72.8 Å². The van der Waals surface area contributed by atoms with Crippen molar-refractivity contribution < 1.29 is 9.53 Å². The van der Waals surface area contributed by atoms with Gasteiger partial charge in [-0.05, 0) is 43.2 Å². The van der Waals surface area contributed by atoms with Gasteiger partial charge >= 0.3 is 6.03 Å². The molecule has 1 aliphatic heterocycles. The topological polar surface area (TPSA) is 88.1 Å². The van der Waals surface area contributed by atoms with Crippen LogP contribution in [-0.4, -0.2) is 50.4 Å². The molecular weight excluding hydrogens is 404 g/mol. The van der Waals surface area contributed by atoms with Gasteiger partial charge in [0.2, 0.25) is 0 Å². The number of carbonyl (C=O) groups is 1. The number of nitrogens with zero attached hydrogens (tertiary/aromatic N) is 4. The molecule has 2 N–H and O–H groups in total. The van der Waals surface area contributed by atoms with Crippen LogP contribution >= 0.6 is 0 Å². The highest BCUT2D eigenvalue weighted by atomic mass is 16.5. The van der Waals surface area contributed by atoms with Crippen LogP contribution in [-0.2, 0) is 6.54 Å². The fourth-order valence-corrected chi connectivity index (χ4v) is 4.11. The number of amides is 2. The van der Waals surface area contributed by atoms with E-state index in [-0.39, 0.29) is 11.9 Å². The van der Waals surface area contributed by atoms with E-state index in [4.69, 9.17) is 9.72 Å². The van der Waals surface area contributed by atoms with Crippen molar-refractivity contribution >= 4 is 22.8 Å². The number of rotatable bonds is 6. The summed E-state index contributed by atoms with van der Waals surface area (Å²) < 4.78 is 7.63. The number of para-hydroxylation sites is 2. The molecule has 1 unspecified atom stereocenters.